The first kappa shape index (κ1) is 49.2. The number of benzene rings is 2. The van der Waals surface area contributed by atoms with Crippen LogP contribution < -0.4 is 32.0 Å². The lowest BCUT2D eigenvalue weighted by Crippen LogP contribution is -2.56. The zero-order valence-electron chi connectivity index (χ0n) is 38.0. The highest BCUT2D eigenvalue weighted by Crippen LogP contribution is 2.45. The molecule has 3 aliphatic rings. The van der Waals surface area contributed by atoms with E-state index in [1.54, 1.807) is 48.5 Å². The summed E-state index contributed by atoms with van der Waals surface area (Å²) in [4.78, 5) is 107. The number of hydrogen-bond donors (Lipinski definition) is 4. The van der Waals surface area contributed by atoms with Crippen molar-refractivity contribution in [2.75, 3.05) is 13.2 Å². The van der Waals surface area contributed by atoms with Crippen LogP contribution in [0.3, 0.4) is 0 Å². The van der Waals surface area contributed by atoms with Crippen LogP contribution in [0.15, 0.2) is 127 Å². The summed E-state index contributed by atoms with van der Waals surface area (Å²) in [5.41, 5.74) is -4.40. The van der Waals surface area contributed by atoms with Gasteiger partial charge < -0.3 is 38.6 Å². The lowest BCUT2D eigenvalue weighted by Gasteiger charge is -2.45. The van der Waals surface area contributed by atoms with Crippen molar-refractivity contribution in [1.82, 2.24) is 19.1 Å². The Morgan fingerprint density at radius 2 is 0.929 bits per heavy atom. The summed E-state index contributed by atoms with van der Waals surface area (Å²) in [6.07, 6.45) is 15.4. The third-order valence-corrected chi connectivity index (χ3v) is 11.2. The molecular formula is C50H48N4O16. The van der Waals surface area contributed by atoms with E-state index in [1.165, 1.54) is 48.6 Å². The van der Waals surface area contributed by atoms with E-state index in [-0.39, 0.29) is 48.2 Å². The molecule has 0 radical (unpaired) electrons. The third kappa shape index (κ3) is 11.0. The van der Waals surface area contributed by atoms with Crippen LogP contribution in [-0.4, -0.2) is 78.0 Å². The number of aromatic hydroxyl groups is 2. The Balaban J connectivity index is 0.940. The van der Waals surface area contributed by atoms with Gasteiger partial charge in [0.15, 0.2) is 0 Å². The van der Waals surface area contributed by atoms with Crippen LogP contribution >= 0.6 is 0 Å². The highest BCUT2D eigenvalue weighted by Gasteiger charge is 2.56. The number of unbranched alkanes of at least 4 members (excludes halogenated alkanes) is 2. The van der Waals surface area contributed by atoms with Gasteiger partial charge in [0.1, 0.15) is 33.8 Å². The van der Waals surface area contributed by atoms with E-state index in [1.807, 2.05) is 13.8 Å². The van der Waals surface area contributed by atoms with Gasteiger partial charge in [-0.05, 0) is 61.4 Å². The smallest absolute Gasteiger partial charge is 0.348 e. The van der Waals surface area contributed by atoms with Gasteiger partial charge in [-0.1, -0.05) is 75.3 Å². The van der Waals surface area contributed by atoms with E-state index in [0.717, 1.165) is 47.0 Å². The van der Waals surface area contributed by atoms with Crippen LogP contribution in [-0.2, 0) is 38.1 Å². The van der Waals surface area contributed by atoms with E-state index in [0.29, 0.717) is 24.7 Å². The average molecular weight is 961 g/mol. The second-order valence-electron chi connectivity index (χ2n) is 16.1. The summed E-state index contributed by atoms with van der Waals surface area (Å²) in [5, 5.41) is 21.9. The quantitative estimate of drug-likeness (QED) is 0.0378. The van der Waals surface area contributed by atoms with Gasteiger partial charge in [0.25, 0.3) is 22.7 Å². The molecular weight excluding hydrogens is 913 g/mol. The Morgan fingerprint density at radius 3 is 1.29 bits per heavy atom. The van der Waals surface area contributed by atoms with Gasteiger partial charge in [0.05, 0.1) is 24.6 Å². The normalized spacial score (nSPS) is 19.3. The van der Waals surface area contributed by atoms with E-state index in [2.05, 4.69) is 9.97 Å². The molecule has 2 saturated heterocycles. The number of rotatable bonds is 16. The van der Waals surface area contributed by atoms with Crippen molar-refractivity contribution in [3.8, 4) is 34.6 Å². The molecule has 20 heteroatoms. The van der Waals surface area contributed by atoms with Crippen LogP contribution in [0.1, 0.15) is 76.3 Å². The summed E-state index contributed by atoms with van der Waals surface area (Å²) >= 11 is 0. The van der Waals surface area contributed by atoms with E-state index < -0.39 is 80.9 Å². The molecule has 1 aliphatic carbocycles. The molecule has 4 heterocycles. The lowest BCUT2D eigenvalue weighted by atomic mass is 9.87. The SMILES string of the molecule is CCCCOc1cccc(-n2c(O)c(C=CC=CC=C3C(=O)OC4(CCC5(CC4)OC(=O)C(=CC=CC=Cc4c(O)n(-c6cccc(OCCCC)c6)c(=O)[nH]c4=O)C(=O)O5)OC3=O)c(=O)[nH]c2=O)c1. The predicted molar refractivity (Wildman–Crippen MR) is 250 cm³/mol. The number of aromatic nitrogens is 4. The number of ether oxygens (including phenoxy) is 6. The van der Waals surface area contributed by atoms with Crippen molar-refractivity contribution in [3.63, 3.8) is 0 Å². The van der Waals surface area contributed by atoms with Crippen LogP contribution in [0.5, 0.6) is 23.3 Å². The van der Waals surface area contributed by atoms with Gasteiger partial charge in [-0.2, -0.15) is 0 Å². The maximum atomic E-state index is 13.1. The lowest BCUT2D eigenvalue weighted by molar-refractivity contribution is -0.291. The average Bonchev–Trinajstić information content (AvgIpc) is 3.31. The zero-order valence-corrected chi connectivity index (χ0v) is 38.0. The Kier molecular flexibility index (Phi) is 15.1. The first-order chi connectivity index (χ1) is 33.7. The first-order valence-corrected chi connectivity index (χ1v) is 22.3. The molecule has 2 aromatic heterocycles. The van der Waals surface area contributed by atoms with Gasteiger partial charge in [0.2, 0.25) is 11.8 Å². The van der Waals surface area contributed by atoms with E-state index in [4.69, 9.17) is 28.4 Å². The molecule has 2 aromatic carbocycles. The maximum Gasteiger partial charge on any atom is 0.348 e. The molecule has 4 aromatic rings. The molecule has 3 fully saturated rings. The van der Waals surface area contributed by atoms with Crippen molar-refractivity contribution in [2.45, 2.75) is 76.8 Å². The Bertz CT molecular complexity index is 2880. The topological polar surface area (TPSA) is 274 Å². The van der Waals surface area contributed by atoms with Crippen molar-refractivity contribution in [3.05, 3.63) is 161 Å². The number of aromatic amines is 2. The molecule has 2 aliphatic heterocycles. The molecule has 70 heavy (non-hydrogen) atoms. The summed E-state index contributed by atoms with van der Waals surface area (Å²) in [6, 6.07) is 12.9. The fraction of sp³-hybridized carbons (Fsp3) is 0.280. The predicted octanol–water partition coefficient (Wildman–Crippen LogP) is 4.99. The second kappa shape index (κ2) is 21.5. The molecule has 1 saturated carbocycles. The third-order valence-electron chi connectivity index (χ3n) is 11.2. The van der Waals surface area contributed by atoms with Gasteiger partial charge in [-0.25, -0.2) is 37.9 Å². The van der Waals surface area contributed by atoms with Crippen molar-refractivity contribution >= 4 is 36.0 Å². The molecule has 7 rings (SSSR count). The van der Waals surface area contributed by atoms with Crippen molar-refractivity contribution in [2.24, 2.45) is 0 Å². The number of carbonyl (C=O) groups is 4. The molecule has 0 atom stereocenters. The maximum absolute atomic E-state index is 13.1. The monoisotopic (exact) mass is 960 g/mol. The van der Waals surface area contributed by atoms with Crippen LogP contribution in [0, 0.1) is 0 Å². The second-order valence-corrected chi connectivity index (χ2v) is 16.1. The number of hydrogen-bond acceptors (Lipinski definition) is 16. The minimum Gasteiger partial charge on any atom is -0.494 e. The van der Waals surface area contributed by atoms with E-state index >= 15 is 0 Å². The van der Waals surface area contributed by atoms with Gasteiger partial charge in [0, 0.05) is 37.8 Å². The summed E-state index contributed by atoms with van der Waals surface area (Å²) in [6.45, 7) is 4.95. The largest absolute Gasteiger partial charge is 0.494 e. The summed E-state index contributed by atoms with van der Waals surface area (Å²) in [5.74, 6) is -7.84. The standard InChI is InChI=1S/C50H48N4O16/c1-3-5-27-65-33-17-13-15-31(29-33)53-41(57)35(39(55)51-47(53)63)19-9-7-11-21-37-43(59)67-49(68-44(37)60)23-25-50(26-24-49)69-45(61)38(46(62)70-50)22-12-8-10-20-36-40(56)52-48(64)54(42(36)58)32-16-14-18-34(30-32)66-28-6-4-2/h7-22,29-30,57-58H,3-6,23-28H2,1-2H3,(H,51,55,63)(H,52,56,64). The Morgan fingerprint density at radius 1 is 0.557 bits per heavy atom. The first-order valence-electron chi connectivity index (χ1n) is 22.3. The van der Waals surface area contributed by atoms with Crippen LogP contribution in [0.2, 0.25) is 0 Å². The highest BCUT2D eigenvalue weighted by molar-refractivity contribution is 6.16. The molecule has 4 N–H and O–H groups in total. The fourth-order valence-corrected chi connectivity index (χ4v) is 7.48. The number of H-pyrrole nitrogens is 2. The van der Waals surface area contributed by atoms with Crippen LogP contribution in [0.4, 0.5) is 0 Å². The number of nitrogens with one attached hydrogen (secondary N) is 2. The molecule has 2 spiro atoms. The number of esters is 4. The van der Waals surface area contributed by atoms with Crippen molar-refractivity contribution in [1.29, 1.82) is 0 Å². The van der Waals surface area contributed by atoms with Crippen LogP contribution in [0.25, 0.3) is 23.5 Å². The molecule has 364 valence electrons. The summed E-state index contributed by atoms with van der Waals surface area (Å²) < 4.78 is 35.4. The fourth-order valence-electron chi connectivity index (χ4n) is 7.48. The molecule has 0 bridgehead atoms. The molecule has 20 nitrogen and oxygen atoms in total. The van der Waals surface area contributed by atoms with Gasteiger partial charge in [-0.15, -0.1) is 0 Å². The number of nitrogens with zero attached hydrogens (tertiary/aromatic N) is 2. The van der Waals surface area contributed by atoms with E-state index in [9.17, 15) is 48.6 Å². The minimum atomic E-state index is -1.73. The van der Waals surface area contributed by atoms with Gasteiger partial charge >= 0.3 is 35.3 Å². The Hall–Kier alpha value is -8.68. The Labute approximate surface area is 397 Å². The highest BCUT2D eigenvalue weighted by atomic mass is 16.8. The van der Waals surface area contributed by atoms with Gasteiger partial charge in [-0.3, -0.25) is 19.6 Å². The number of carbonyl (C=O) groups excluding carboxylic acids is 4. The molecule has 0 amide bonds. The molecule has 0 unspecified atom stereocenters. The summed E-state index contributed by atoms with van der Waals surface area (Å²) in [7, 11) is 0. The zero-order chi connectivity index (χ0) is 50.0. The minimum absolute atomic E-state index is 0.186. The number of allylic oxidation sites excluding steroid dienone is 8. The van der Waals surface area contributed by atoms with Crippen molar-refractivity contribution < 1.29 is 57.8 Å².